The molecule has 4 nitrogen and oxygen atoms in total. The first kappa shape index (κ1) is 11.4. The van der Waals surface area contributed by atoms with Crippen LogP contribution in [0.4, 0.5) is 5.82 Å². The molecular weight excluding hydrogens is 226 g/mol. The van der Waals surface area contributed by atoms with E-state index in [1.807, 2.05) is 0 Å². The van der Waals surface area contributed by atoms with E-state index >= 15 is 0 Å². The number of ketones is 1. The number of nitrogens with zero attached hydrogens (tertiary/aromatic N) is 1. The van der Waals surface area contributed by atoms with Crippen molar-refractivity contribution in [3.8, 4) is 0 Å². The summed E-state index contributed by atoms with van der Waals surface area (Å²) in [6, 6.07) is 1.60. The molecule has 1 aliphatic rings. The molecule has 1 fully saturated rings. The van der Waals surface area contributed by atoms with Gasteiger partial charge in [-0.1, -0.05) is 11.6 Å². The number of hydrogen-bond acceptors (Lipinski definition) is 4. The maximum atomic E-state index is 12.2. The van der Waals surface area contributed by atoms with Gasteiger partial charge in [-0.25, -0.2) is 4.98 Å². The lowest BCUT2D eigenvalue weighted by Gasteiger charge is -2.21. The maximum absolute atomic E-state index is 12.2. The van der Waals surface area contributed by atoms with Gasteiger partial charge in [0, 0.05) is 18.7 Å². The molecule has 0 amide bonds. The van der Waals surface area contributed by atoms with Crippen molar-refractivity contribution in [3.63, 3.8) is 0 Å². The molecule has 0 aliphatic carbocycles. The highest BCUT2D eigenvalue weighted by molar-refractivity contribution is 6.31. The zero-order chi connectivity index (χ0) is 11.5. The molecule has 0 bridgehead atoms. The van der Waals surface area contributed by atoms with Gasteiger partial charge < -0.3 is 11.1 Å². The Morgan fingerprint density at radius 1 is 1.62 bits per heavy atom. The number of halogens is 1. The number of nitrogens with one attached hydrogen (secondary N) is 1. The van der Waals surface area contributed by atoms with Crippen molar-refractivity contribution in [2.75, 3.05) is 18.8 Å². The molecule has 1 atom stereocenters. The van der Waals surface area contributed by atoms with Gasteiger partial charge in [0.15, 0.2) is 5.78 Å². The minimum absolute atomic E-state index is 0.00341. The number of hydrogen-bond donors (Lipinski definition) is 2. The molecule has 0 saturated carbocycles. The molecule has 16 heavy (non-hydrogen) atoms. The van der Waals surface area contributed by atoms with E-state index in [0.29, 0.717) is 17.1 Å². The van der Waals surface area contributed by atoms with Gasteiger partial charge in [-0.2, -0.15) is 0 Å². The van der Waals surface area contributed by atoms with Gasteiger partial charge in [0.25, 0.3) is 0 Å². The molecule has 0 aromatic carbocycles. The SMILES string of the molecule is Nc1ncc(Cl)cc1C(=O)C1CCCNC1. The Morgan fingerprint density at radius 3 is 3.12 bits per heavy atom. The summed E-state index contributed by atoms with van der Waals surface area (Å²) in [7, 11) is 0. The molecule has 2 heterocycles. The molecule has 1 saturated heterocycles. The van der Waals surface area contributed by atoms with Gasteiger partial charge >= 0.3 is 0 Å². The quantitative estimate of drug-likeness (QED) is 0.768. The van der Waals surface area contributed by atoms with Gasteiger partial charge in [0.2, 0.25) is 0 Å². The first-order chi connectivity index (χ1) is 7.68. The molecule has 3 N–H and O–H groups in total. The fraction of sp³-hybridized carbons (Fsp3) is 0.455. The van der Waals surface area contributed by atoms with Crippen LogP contribution in [0.15, 0.2) is 12.3 Å². The summed E-state index contributed by atoms with van der Waals surface area (Å²) in [5.74, 6) is 0.302. The summed E-state index contributed by atoms with van der Waals surface area (Å²) < 4.78 is 0. The lowest BCUT2D eigenvalue weighted by atomic mass is 9.91. The molecular formula is C11H14ClN3O. The molecule has 1 aromatic rings. The van der Waals surface area contributed by atoms with Crippen LogP contribution in [0.3, 0.4) is 0 Å². The third kappa shape index (κ3) is 2.33. The highest BCUT2D eigenvalue weighted by atomic mass is 35.5. The number of nitrogen functional groups attached to an aromatic ring is 1. The second kappa shape index (κ2) is 4.80. The average molecular weight is 240 g/mol. The van der Waals surface area contributed by atoms with Crippen LogP contribution in [0.2, 0.25) is 5.02 Å². The number of carbonyl (C=O) groups is 1. The van der Waals surface area contributed by atoms with Crippen molar-refractivity contribution in [2.45, 2.75) is 12.8 Å². The molecule has 1 unspecified atom stereocenters. The normalized spacial score (nSPS) is 20.7. The van der Waals surface area contributed by atoms with Gasteiger partial charge in [0.1, 0.15) is 5.82 Å². The molecule has 1 aromatic heterocycles. The first-order valence-corrected chi connectivity index (χ1v) is 5.72. The largest absolute Gasteiger partial charge is 0.383 e. The number of carbonyl (C=O) groups excluding carboxylic acids is 1. The summed E-state index contributed by atoms with van der Waals surface area (Å²) in [6.45, 7) is 1.69. The molecule has 5 heteroatoms. The summed E-state index contributed by atoms with van der Waals surface area (Å²) in [4.78, 5) is 16.1. The van der Waals surface area contributed by atoms with Gasteiger partial charge in [0.05, 0.1) is 10.6 Å². The van der Waals surface area contributed by atoms with Crippen molar-refractivity contribution >= 4 is 23.2 Å². The monoisotopic (exact) mass is 239 g/mol. The van der Waals surface area contributed by atoms with Crippen molar-refractivity contribution in [2.24, 2.45) is 5.92 Å². The second-order valence-corrected chi connectivity index (χ2v) is 4.43. The standard InChI is InChI=1S/C11H14ClN3O/c12-8-4-9(11(13)15-6-8)10(16)7-2-1-3-14-5-7/h4,6-7,14H,1-3,5H2,(H2,13,15). The number of anilines is 1. The molecule has 1 aliphatic heterocycles. The zero-order valence-electron chi connectivity index (χ0n) is 8.87. The maximum Gasteiger partial charge on any atom is 0.170 e. The van der Waals surface area contributed by atoms with Crippen molar-refractivity contribution in [1.82, 2.24) is 10.3 Å². The van der Waals surface area contributed by atoms with E-state index in [1.54, 1.807) is 6.07 Å². The van der Waals surface area contributed by atoms with Crippen molar-refractivity contribution in [1.29, 1.82) is 0 Å². The van der Waals surface area contributed by atoms with Crippen LogP contribution in [0.25, 0.3) is 0 Å². The molecule has 0 spiro atoms. The number of piperidine rings is 1. The number of pyridine rings is 1. The fourth-order valence-corrected chi connectivity index (χ4v) is 2.10. The number of nitrogens with two attached hydrogens (primary N) is 1. The van der Waals surface area contributed by atoms with E-state index < -0.39 is 0 Å². The van der Waals surface area contributed by atoms with Gasteiger partial charge in [-0.15, -0.1) is 0 Å². The van der Waals surface area contributed by atoms with E-state index in [-0.39, 0.29) is 17.5 Å². The van der Waals surface area contributed by atoms with Crippen LogP contribution in [-0.2, 0) is 0 Å². The lowest BCUT2D eigenvalue weighted by molar-refractivity contribution is 0.0900. The van der Waals surface area contributed by atoms with Crippen LogP contribution < -0.4 is 11.1 Å². The summed E-state index contributed by atoms with van der Waals surface area (Å²) in [5, 5.41) is 3.65. The van der Waals surface area contributed by atoms with E-state index in [4.69, 9.17) is 17.3 Å². The van der Waals surface area contributed by atoms with Crippen LogP contribution in [0.5, 0.6) is 0 Å². The molecule has 86 valence electrons. The Balaban J connectivity index is 2.22. The second-order valence-electron chi connectivity index (χ2n) is 3.99. The number of aromatic nitrogens is 1. The highest BCUT2D eigenvalue weighted by Gasteiger charge is 2.24. The number of Topliss-reactive ketones (excluding diaryl/α,β-unsaturated/α-hetero) is 1. The predicted octanol–water partition coefficient (Wildman–Crippen LogP) is 1.50. The zero-order valence-corrected chi connectivity index (χ0v) is 9.63. The van der Waals surface area contributed by atoms with Crippen LogP contribution >= 0.6 is 11.6 Å². The predicted molar refractivity (Wildman–Crippen MR) is 63.6 cm³/mol. The van der Waals surface area contributed by atoms with Gasteiger partial charge in [-0.05, 0) is 25.5 Å². The number of rotatable bonds is 2. The third-order valence-electron chi connectivity index (χ3n) is 2.82. The van der Waals surface area contributed by atoms with Crippen molar-refractivity contribution < 1.29 is 4.79 Å². The third-order valence-corrected chi connectivity index (χ3v) is 3.02. The Morgan fingerprint density at radius 2 is 2.44 bits per heavy atom. The van der Waals surface area contributed by atoms with Crippen LogP contribution in [0, 0.1) is 5.92 Å². The van der Waals surface area contributed by atoms with E-state index in [0.717, 1.165) is 19.4 Å². The lowest BCUT2D eigenvalue weighted by Crippen LogP contribution is -2.34. The summed E-state index contributed by atoms with van der Waals surface area (Å²) in [5.41, 5.74) is 6.13. The van der Waals surface area contributed by atoms with Crippen LogP contribution in [-0.4, -0.2) is 23.9 Å². The first-order valence-electron chi connectivity index (χ1n) is 5.34. The fourth-order valence-electron chi connectivity index (χ4n) is 1.94. The van der Waals surface area contributed by atoms with E-state index in [2.05, 4.69) is 10.3 Å². The average Bonchev–Trinajstić information content (AvgIpc) is 2.32. The summed E-state index contributed by atoms with van der Waals surface area (Å²) in [6.07, 6.45) is 3.37. The Bertz CT molecular complexity index is 402. The summed E-state index contributed by atoms with van der Waals surface area (Å²) >= 11 is 5.81. The van der Waals surface area contributed by atoms with E-state index in [9.17, 15) is 4.79 Å². The molecule has 2 rings (SSSR count). The molecule has 0 radical (unpaired) electrons. The minimum atomic E-state index is -0.00341. The topological polar surface area (TPSA) is 68.0 Å². The highest BCUT2D eigenvalue weighted by Crippen LogP contribution is 2.22. The smallest absolute Gasteiger partial charge is 0.170 e. The van der Waals surface area contributed by atoms with Crippen molar-refractivity contribution in [3.05, 3.63) is 22.8 Å². The Labute approximate surface area is 99.2 Å². The Kier molecular flexibility index (Phi) is 3.41. The minimum Gasteiger partial charge on any atom is -0.383 e. The van der Waals surface area contributed by atoms with Crippen LogP contribution in [0.1, 0.15) is 23.2 Å². The van der Waals surface area contributed by atoms with Gasteiger partial charge in [-0.3, -0.25) is 4.79 Å². The Hall–Kier alpha value is -1.13. The van der Waals surface area contributed by atoms with E-state index in [1.165, 1.54) is 6.20 Å².